The molecule has 4 heteroatoms. The van der Waals surface area contributed by atoms with E-state index in [2.05, 4.69) is 27.4 Å². The molecule has 1 N–H and O–H groups in total. The Balaban J connectivity index is 2.87. The van der Waals surface area contributed by atoms with Crippen molar-refractivity contribution in [2.45, 2.75) is 31.6 Å². The number of benzene rings is 1. The van der Waals surface area contributed by atoms with Gasteiger partial charge in [0.2, 0.25) is 6.54 Å². The molecule has 0 radical (unpaired) electrons. The van der Waals surface area contributed by atoms with Crippen molar-refractivity contribution in [3.8, 4) is 0 Å². The van der Waals surface area contributed by atoms with Crippen molar-refractivity contribution in [2.24, 2.45) is 0 Å². The zero-order valence-corrected chi connectivity index (χ0v) is 12.5. The Hall–Kier alpha value is -1.09. The normalized spacial score (nSPS) is 13.6. The predicted octanol–water partition coefficient (Wildman–Crippen LogP) is 3.72. The van der Waals surface area contributed by atoms with Gasteiger partial charge in [0.25, 0.3) is 0 Å². The van der Waals surface area contributed by atoms with Gasteiger partial charge in [0.05, 0.1) is 5.41 Å². The van der Waals surface area contributed by atoms with Crippen LogP contribution in [-0.4, -0.2) is 17.6 Å². The summed E-state index contributed by atoms with van der Waals surface area (Å²) >= 11 is 2.19. The van der Waals surface area contributed by atoms with E-state index in [9.17, 15) is 9.90 Å². The van der Waals surface area contributed by atoms with E-state index >= 15 is 0 Å². The van der Waals surface area contributed by atoms with E-state index in [0.29, 0.717) is 13.0 Å². The fourth-order valence-corrected chi connectivity index (χ4v) is 2.42. The van der Waals surface area contributed by atoms with E-state index in [4.69, 9.17) is 6.57 Å². The number of nitrogens with zero attached hydrogens (tertiary/aromatic N) is 1. The number of hydrogen-bond acceptors (Lipinski definition) is 1. The van der Waals surface area contributed by atoms with Crippen LogP contribution in [0.5, 0.6) is 0 Å². The van der Waals surface area contributed by atoms with E-state index in [1.165, 1.54) is 0 Å². The molecule has 1 rings (SSSR count). The molecule has 1 unspecified atom stereocenters. The maximum absolute atomic E-state index is 11.5. The van der Waals surface area contributed by atoms with E-state index in [1.54, 1.807) is 6.92 Å². The van der Waals surface area contributed by atoms with Crippen LogP contribution in [0.4, 0.5) is 0 Å². The molecule has 0 heterocycles. The minimum Gasteiger partial charge on any atom is -0.481 e. The van der Waals surface area contributed by atoms with E-state index < -0.39 is 11.4 Å². The van der Waals surface area contributed by atoms with Crippen molar-refractivity contribution < 1.29 is 9.90 Å². The van der Waals surface area contributed by atoms with Crippen LogP contribution in [0.15, 0.2) is 24.3 Å². The fraction of sp³-hybridized carbons (Fsp3) is 0.429. The number of hydrogen-bond donors (Lipinski definition) is 1. The quantitative estimate of drug-likeness (QED) is 0.479. The Kier molecular flexibility index (Phi) is 5.60. The fourth-order valence-electron chi connectivity index (χ4n) is 1.88. The number of halogens is 1. The highest BCUT2D eigenvalue weighted by molar-refractivity contribution is 14.1. The molecular formula is C14H16INO2. The number of carbonyl (C=O) groups is 1. The van der Waals surface area contributed by atoms with E-state index in [-0.39, 0.29) is 0 Å². The third-order valence-electron chi connectivity index (χ3n) is 3.13. The second kappa shape index (κ2) is 6.74. The molecule has 0 amide bonds. The minimum absolute atomic E-state index is 0.474. The van der Waals surface area contributed by atoms with Crippen LogP contribution in [0, 0.1) is 10.1 Å². The van der Waals surface area contributed by atoms with Crippen molar-refractivity contribution in [3.05, 3.63) is 44.8 Å². The molecule has 0 aliphatic heterocycles. The summed E-state index contributed by atoms with van der Waals surface area (Å²) in [6.07, 6.45) is 2.09. The molecule has 0 fully saturated rings. The molecule has 0 aromatic heterocycles. The van der Waals surface area contributed by atoms with Crippen LogP contribution in [0.25, 0.3) is 4.85 Å². The van der Waals surface area contributed by atoms with Gasteiger partial charge in [0.15, 0.2) is 0 Å². The van der Waals surface area contributed by atoms with Crippen molar-refractivity contribution in [1.82, 2.24) is 0 Å². The Morgan fingerprint density at radius 3 is 2.78 bits per heavy atom. The molecule has 0 spiro atoms. The first-order chi connectivity index (χ1) is 8.50. The first-order valence-electron chi connectivity index (χ1n) is 5.83. The molecule has 0 aliphatic carbocycles. The Morgan fingerprint density at radius 2 is 2.22 bits per heavy atom. The smallest absolute Gasteiger partial charge is 0.313 e. The summed E-state index contributed by atoms with van der Waals surface area (Å²) in [5, 5.41) is 9.47. The molecule has 0 saturated carbocycles. The molecule has 1 atom stereocenters. The van der Waals surface area contributed by atoms with E-state index in [1.807, 2.05) is 24.3 Å². The molecule has 96 valence electrons. The van der Waals surface area contributed by atoms with Crippen LogP contribution >= 0.6 is 22.6 Å². The van der Waals surface area contributed by atoms with Gasteiger partial charge in [-0.15, -0.1) is 0 Å². The minimum atomic E-state index is -0.858. The van der Waals surface area contributed by atoms with Gasteiger partial charge in [-0.1, -0.05) is 12.1 Å². The van der Waals surface area contributed by atoms with Crippen LogP contribution in [0.3, 0.4) is 0 Å². The molecule has 18 heavy (non-hydrogen) atoms. The van der Waals surface area contributed by atoms with Crippen LogP contribution < -0.4 is 0 Å². The lowest BCUT2D eigenvalue weighted by molar-refractivity contribution is -0.143. The predicted molar refractivity (Wildman–Crippen MR) is 79.5 cm³/mol. The zero-order valence-electron chi connectivity index (χ0n) is 10.3. The summed E-state index contributed by atoms with van der Waals surface area (Å²) in [5.74, 6) is -0.799. The largest absolute Gasteiger partial charge is 0.481 e. The molecular weight excluding hydrogens is 341 g/mol. The zero-order chi connectivity index (χ0) is 13.6. The highest BCUT2D eigenvalue weighted by atomic mass is 127. The van der Waals surface area contributed by atoms with Crippen LogP contribution in [-0.2, 0) is 10.2 Å². The standard InChI is InChI=1S/C14H16INO2/c1-14(13(17)18,8-3-4-9-16-2)11-6-5-7-12(15)10-11/h5-7,10H,3-4,8-9H2,1H3,(H,17,18). The lowest BCUT2D eigenvalue weighted by atomic mass is 9.78. The summed E-state index contributed by atoms with van der Waals surface area (Å²) in [4.78, 5) is 14.8. The molecule has 0 aliphatic rings. The monoisotopic (exact) mass is 357 g/mol. The summed E-state index contributed by atoms with van der Waals surface area (Å²) in [6.45, 7) is 8.96. The summed E-state index contributed by atoms with van der Waals surface area (Å²) in [5.41, 5.74) is -0.0202. The number of unbranched alkanes of at least 4 members (excludes halogenated alkanes) is 1. The molecule has 0 bridgehead atoms. The van der Waals surface area contributed by atoms with Crippen molar-refractivity contribution in [3.63, 3.8) is 0 Å². The third kappa shape index (κ3) is 3.70. The number of rotatable bonds is 6. The summed E-state index contributed by atoms with van der Waals surface area (Å²) in [7, 11) is 0. The average Bonchev–Trinajstić information content (AvgIpc) is 2.34. The van der Waals surface area contributed by atoms with E-state index in [0.717, 1.165) is 22.0 Å². The third-order valence-corrected chi connectivity index (χ3v) is 3.80. The van der Waals surface area contributed by atoms with Gasteiger partial charge in [-0.3, -0.25) is 4.79 Å². The van der Waals surface area contributed by atoms with Crippen molar-refractivity contribution in [1.29, 1.82) is 0 Å². The number of carboxylic acids is 1. The maximum atomic E-state index is 11.5. The lowest BCUT2D eigenvalue weighted by Gasteiger charge is -2.25. The molecule has 0 saturated heterocycles. The second-order valence-electron chi connectivity index (χ2n) is 4.49. The second-order valence-corrected chi connectivity index (χ2v) is 5.73. The first-order valence-corrected chi connectivity index (χ1v) is 6.91. The summed E-state index contributed by atoms with van der Waals surface area (Å²) in [6, 6.07) is 7.62. The van der Waals surface area contributed by atoms with Crippen molar-refractivity contribution >= 4 is 28.6 Å². The van der Waals surface area contributed by atoms with Gasteiger partial charge >= 0.3 is 5.97 Å². The topological polar surface area (TPSA) is 41.7 Å². The van der Waals surface area contributed by atoms with Crippen LogP contribution in [0.2, 0.25) is 0 Å². The van der Waals surface area contributed by atoms with Gasteiger partial charge in [-0.2, -0.15) is 0 Å². The first kappa shape index (κ1) is 15.0. The Morgan fingerprint density at radius 1 is 1.50 bits per heavy atom. The highest BCUT2D eigenvalue weighted by Crippen LogP contribution is 2.31. The van der Waals surface area contributed by atoms with Crippen LogP contribution in [0.1, 0.15) is 31.7 Å². The number of carboxylic acid groups (broad SMARTS) is 1. The van der Waals surface area contributed by atoms with Gasteiger partial charge in [0, 0.05) is 9.99 Å². The number of aliphatic carboxylic acids is 1. The molecule has 3 nitrogen and oxygen atoms in total. The van der Waals surface area contributed by atoms with Gasteiger partial charge in [0.1, 0.15) is 0 Å². The van der Waals surface area contributed by atoms with Gasteiger partial charge in [-0.25, -0.2) is 6.57 Å². The molecule has 1 aromatic rings. The molecule has 1 aromatic carbocycles. The van der Waals surface area contributed by atoms with Crippen molar-refractivity contribution in [2.75, 3.05) is 6.54 Å². The summed E-state index contributed by atoms with van der Waals surface area (Å²) < 4.78 is 1.04. The highest BCUT2D eigenvalue weighted by Gasteiger charge is 2.34. The lowest BCUT2D eigenvalue weighted by Crippen LogP contribution is -2.32. The average molecular weight is 357 g/mol. The SMILES string of the molecule is [C-]#[N+]CCCCC(C)(C(=O)O)c1cccc(I)c1. The maximum Gasteiger partial charge on any atom is 0.313 e. The Bertz CT molecular complexity index is 467. The van der Waals surface area contributed by atoms with Gasteiger partial charge in [-0.05, 0) is 60.1 Å². The Labute approximate surface area is 121 Å². The van der Waals surface area contributed by atoms with Gasteiger partial charge < -0.3 is 9.95 Å².